The van der Waals surface area contributed by atoms with Gasteiger partial charge >= 0.3 is 5.09 Å². The molecule has 0 aromatic heterocycles. The molecular weight excluding hydrogens is 212 g/mol. The summed E-state index contributed by atoms with van der Waals surface area (Å²) < 4.78 is 0. The highest BCUT2D eigenvalue weighted by Crippen LogP contribution is 2.17. The molecule has 2 N–H and O–H groups in total. The van der Waals surface area contributed by atoms with Crippen LogP contribution in [0.15, 0.2) is 0 Å². The first kappa shape index (κ1) is 11.4. The van der Waals surface area contributed by atoms with Crippen LogP contribution in [0.5, 0.6) is 0 Å². The maximum atomic E-state index is 10.1. The molecule has 0 saturated carbocycles. The molecule has 86 valence electrons. The van der Waals surface area contributed by atoms with Gasteiger partial charge in [-0.25, -0.2) is 4.94 Å². The summed E-state index contributed by atoms with van der Waals surface area (Å²) in [6, 6.07) is -0.691. The average molecular weight is 222 g/mol. The predicted octanol–water partition coefficient (Wildman–Crippen LogP) is -0.933. The Bertz CT molecular complexity index is 260. The van der Waals surface area contributed by atoms with Crippen molar-refractivity contribution in [3.05, 3.63) is 20.2 Å². The van der Waals surface area contributed by atoms with E-state index in [2.05, 4.69) is 9.78 Å². The molecule has 0 aromatic carbocycles. The Morgan fingerprint density at radius 1 is 1.33 bits per heavy atom. The highest BCUT2D eigenvalue weighted by molar-refractivity contribution is 4.75. The van der Waals surface area contributed by atoms with Crippen LogP contribution in [-0.2, 0) is 9.78 Å². The third kappa shape index (κ3) is 3.18. The van der Waals surface area contributed by atoms with Crippen LogP contribution in [0.25, 0.3) is 0 Å². The Balaban J connectivity index is 2.63. The molecule has 0 amide bonds. The molecule has 0 aromatic rings. The summed E-state index contributed by atoms with van der Waals surface area (Å²) in [7, 11) is 0. The summed E-state index contributed by atoms with van der Waals surface area (Å²) >= 11 is 0. The topological polar surface area (TPSA) is 134 Å². The van der Waals surface area contributed by atoms with Gasteiger partial charge in [-0.05, 0) is 12.8 Å². The summed E-state index contributed by atoms with van der Waals surface area (Å²) in [5.41, 5.74) is 5.52. The molecule has 1 aliphatic heterocycles. The fourth-order valence-corrected chi connectivity index (χ4v) is 1.36. The largest absolute Gasteiger partial charge is 0.325 e. The molecule has 0 radical (unpaired) electrons. The molecule has 10 heteroatoms. The second kappa shape index (κ2) is 4.70. The van der Waals surface area contributed by atoms with E-state index in [1.165, 1.54) is 0 Å². The SMILES string of the molecule is N[C@@H]1CCCN(O[N+](=O)[O-])C1O[N+](=O)[O-]. The summed E-state index contributed by atoms with van der Waals surface area (Å²) in [5, 5.41) is 18.9. The summed E-state index contributed by atoms with van der Waals surface area (Å²) in [6.07, 6.45) is -0.206. The zero-order valence-electron chi connectivity index (χ0n) is 7.64. The van der Waals surface area contributed by atoms with Crippen molar-refractivity contribution in [3.8, 4) is 0 Å². The number of nitrogens with zero attached hydrogens (tertiary/aromatic N) is 3. The van der Waals surface area contributed by atoms with Crippen molar-refractivity contribution < 1.29 is 19.9 Å². The second-order valence-electron chi connectivity index (χ2n) is 2.97. The molecule has 0 aliphatic carbocycles. The molecule has 1 unspecified atom stereocenters. The maximum absolute atomic E-state index is 10.1. The van der Waals surface area contributed by atoms with Crippen molar-refractivity contribution in [2.75, 3.05) is 6.54 Å². The lowest BCUT2D eigenvalue weighted by Crippen LogP contribution is -2.54. The fraction of sp³-hybridized carbons (Fsp3) is 1.00. The Labute approximate surface area is 83.7 Å². The molecule has 1 heterocycles. The van der Waals surface area contributed by atoms with Crippen molar-refractivity contribution >= 4 is 0 Å². The molecule has 0 spiro atoms. The second-order valence-corrected chi connectivity index (χ2v) is 2.97. The molecule has 1 saturated heterocycles. The van der Waals surface area contributed by atoms with E-state index in [0.717, 1.165) is 5.06 Å². The predicted molar refractivity (Wildman–Crippen MR) is 43.9 cm³/mol. The van der Waals surface area contributed by atoms with Gasteiger partial charge in [-0.15, -0.1) is 25.3 Å². The number of hydrogen-bond acceptors (Lipinski definition) is 8. The quantitative estimate of drug-likeness (QED) is 0.476. The van der Waals surface area contributed by atoms with Gasteiger partial charge in [0.2, 0.25) is 0 Å². The third-order valence-corrected chi connectivity index (χ3v) is 1.93. The highest BCUT2D eigenvalue weighted by atomic mass is 17.0. The Hall–Kier alpha value is -1.68. The lowest BCUT2D eigenvalue weighted by Gasteiger charge is -2.34. The Morgan fingerprint density at radius 2 is 2.00 bits per heavy atom. The number of hydroxylamine groups is 2. The average Bonchev–Trinajstić information content (AvgIpc) is 2.09. The minimum absolute atomic E-state index is 0.160. The molecule has 15 heavy (non-hydrogen) atoms. The standard InChI is InChI=1S/C5H10N4O6/c6-4-2-1-3-7(15-9(12)13)5(4)14-8(10)11/h4-5H,1-3,6H2/t4-,5?/m1/s1. The van der Waals surface area contributed by atoms with Crippen molar-refractivity contribution in [3.63, 3.8) is 0 Å². The Morgan fingerprint density at radius 3 is 2.53 bits per heavy atom. The third-order valence-electron chi connectivity index (χ3n) is 1.93. The summed E-state index contributed by atoms with van der Waals surface area (Å²) in [6.45, 7) is 0.160. The van der Waals surface area contributed by atoms with E-state index in [4.69, 9.17) is 5.73 Å². The van der Waals surface area contributed by atoms with Gasteiger partial charge in [0, 0.05) is 12.6 Å². The van der Waals surface area contributed by atoms with Crippen molar-refractivity contribution in [1.29, 1.82) is 0 Å². The van der Waals surface area contributed by atoms with Gasteiger partial charge in [-0.3, -0.25) is 4.84 Å². The molecule has 10 nitrogen and oxygen atoms in total. The van der Waals surface area contributed by atoms with Crippen LogP contribution in [0, 0.1) is 20.2 Å². The minimum Gasteiger partial charge on any atom is -0.325 e. The van der Waals surface area contributed by atoms with E-state index < -0.39 is 22.4 Å². The molecule has 1 aliphatic rings. The minimum atomic E-state index is -1.24. The van der Waals surface area contributed by atoms with Crippen LogP contribution in [0.3, 0.4) is 0 Å². The highest BCUT2D eigenvalue weighted by Gasteiger charge is 2.34. The zero-order valence-corrected chi connectivity index (χ0v) is 7.64. The van der Waals surface area contributed by atoms with E-state index in [9.17, 15) is 20.2 Å². The van der Waals surface area contributed by atoms with Gasteiger partial charge in [0.15, 0.2) is 6.23 Å². The zero-order chi connectivity index (χ0) is 11.4. The van der Waals surface area contributed by atoms with Crippen molar-refractivity contribution in [1.82, 2.24) is 5.06 Å². The van der Waals surface area contributed by atoms with Gasteiger partial charge in [-0.1, -0.05) is 0 Å². The first-order valence-corrected chi connectivity index (χ1v) is 4.16. The van der Waals surface area contributed by atoms with E-state index in [-0.39, 0.29) is 6.54 Å². The van der Waals surface area contributed by atoms with Gasteiger partial charge in [0.1, 0.15) is 0 Å². The number of rotatable bonds is 4. The summed E-state index contributed by atoms with van der Waals surface area (Å²) in [5.74, 6) is 0. The van der Waals surface area contributed by atoms with Crippen LogP contribution in [-0.4, -0.2) is 34.1 Å². The first-order valence-electron chi connectivity index (χ1n) is 4.16. The summed E-state index contributed by atoms with van der Waals surface area (Å²) in [4.78, 5) is 28.5. The molecule has 1 fully saturated rings. The number of piperidine rings is 1. The van der Waals surface area contributed by atoms with Crippen molar-refractivity contribution in [2.45, 2.75) is 25.1 Å². The van der Waals surface area contributed by atoms with E-state index in [0.29, 0.717) is 12.8 Å². The lowest BCUT2D eigenvalue weighted by molar-refractivity contribution is -0.841. The van der Waals surface area contributed by atoms with Crippen LogP contribution in [0.2, 0.25) is 0 Å². The Kier molecular flexibility index (Phi) is 3.57. The van der Waals surface area contributed by atoms with Crippen LogP contribution in [0.1, 0.15) is 12.8 Å². The van der Waals surface area contributed by atoms with E-state index in [1.54, 1.807) is 0 Å². The monoisotopic (exact) mass is 222 g/mol. The van der Waals surface area contributed by atoms with Gasteiger partial charge < -0.3 is 5.73 Å². The number of hydrogen-bond donors (Lipinski definition) is 1. The normalized spacial score (nSPS) is 27.0. The van der Waals surface area contributed by atoms with E-state index in [1.807, 2.05) is 0 Å². The first-order chi connectivity index (χ1) is 7.00. The molecular formula is C5H10N4O6. The van der Waals surface area contributed by atoms with Crippen LogP contribution < -0.4 is 5.73 Å². The van der Waals surface area contributed by atoms with Crippen LogP contribution >= 0.6 is 0 Å². The van der Waals surface area contributed by atoms with Crippen molar-refractivity contribution in [2.24, 2.45) is 5.73 Å². The van der Waals surface area contributed by atoms with Gasteiger partial charge in [-0.2, -0.15) is 0 Å². The smallest absolute Gasteiger partial charge is 0.312 e. The fourth-order valence-electron chi connectivity index (χ4n) is 1.36. The van der Waals surface area contributed by atoms with Crippen LogP contribution in [0.4, 0.5) is 0 Å². The van der Waals surface area contributed by atoms with Gasteiger partial charge in [0.25, 0.3) is 5.09 Å². The number of nitrogens with two attached hydrogens (primary N) is 1. The lowest BCUT2D eigenvalue weighted by atomic mass is 10.1. The maximum Gasteiger partial charge on any atom is 0.312 e. The molecule has 2 atom stereocenters. The van der Waals surface area contributed by atoms with E-state index >= 15 is 0 Å². The molecule has 1 rings (SSSR count). The molecule has 0 bridgehead atoms. The van der Waals surface area contributed by atoms with Gasteiger partial charge in [0.05, 0.1) is 0 Å².